The molecule has 6 heteroatoms. The van der Waals surface area contributed by atoms with Crippen molar-refractivity contribution in [2.24, 2.45) is 0 Å². The van der Waals surface area contributed by atoms with Gasteiger partial charge in [0.15, 0.2) is 5.82 Å². The molecular weight excluding hydrogens is 400 g/mol. The Morgan fingerprint density at radius 2 is 1.79 bits per heavy atom. The van der Waals surface area contributed by atoms with Gasteiger partial charge in [-0.1, -0.05) is 41.9 Å². The molecule has 1 aliphatic rings. The van der Waals surface area contributed by atoms with Crippen molar-refractivity contribution >= 4 is 22.9 Å². The molecule has 0 fully saturated rings. The Bertz CT molecular complexity index is 1130. The largest absolute Gasteiger partial charge is 0.293 e. The second-order valence-corrected chi connectivity index (χ2v) is 8.50. The van der Waals surface area contributed by atoms with Gasteiger partial charge in [0.25, 0.3) is 0 Å². The van der Waals surface area contributed by atoms with Gasteiger partial charge >= 0.3 is 0 Å². The summed E-state index contributed by atoms with van der Waals surface area (Å²) in [5, 5.41) is 0.722. The average molecular weight is 419 g/mol. The number of nitrogens with zero attached hydrogens (tertiary/aromatic N) is 4. The Morgan fingerprint density at radius 1 is 0.966 bits per heavy atom. The normalized spacial score (nSPS) is 14.0. The lowest BCUT2D eigenvalue weighted by molar-refractivity contribution is 0.245. The van der Waals surface area contributed by atoms with E-state index in [-0.39, 0.29) is 0 Å². The molecule has 2 aromatic heterocycles. The van der Waals surface area contributed by atoms with Gasteiger partial charge in [-0.05, 0) is 24.3 Å². The van der Waals surface area contributed by atoms with Crippen LogP contribution in [0.4, 0.5) is 0 Å². The summed E-state index contributed by atoms with van der Waals surface area (Å²) in [6.07, 6.45) is 2.90. The van der Waals surface area contributed by atoms with Crippen LogP contribution in [0.15, 0.2) is 66.3 Å². The van der Waals surface area contributed by atoms with Crippen molar-refractivity contribution in [1.29, 1.82) is 0 Å². The van der Waals surface area contributed by atoms with Crippen LogP contribution in [0.25, 0.3) is 22.6 Å². The van der Waals surface area contributed by atoms with Gasteiger partial charge in [-0.2, -0.15) is 0 Å². The molecule has 3 heterocycles. The van der Waals surface area contributed by atoms with E-state index < -0.39 is 0 Å². The molecule has 29 heavy (non-hydrogen) atoms. The predicted octanol–water partition coefficient (Wildman–Crippen LogP) is 5.48. The Morgan fingerprint density at radius 3 is 2.62 bits per heavy atom. The maximum absolute atomic E-state index is 5.99. The van der Waals surface area contributed by atoms with E-state index in [0.717, 1.165) is 53.9 Å². The van der Waals surface area contributed by atoms with Crippen molar-refractivity contribution in [3.63, 3.8) is 0 Å². The number of hydrogen-bond acceptors (Lipinski definition) is 5. The second-order valence-electron chi connectivity index (χ2n) is 7.12. The molecule has 5 rings (SSSR count). The molecule has 2 aromatic carbocycles. The van der Waals surface area contributed by atoms with Crippen molar-refractivity contribution < 1.29 is 0 Å². The van der Waals surface area contributed by atoms with Gasteiger partial charge < -0.3 is 0 Å². The van der Waals surface area contributed by atoms with Crippen molar-refractivity contribution in [3.05, 3.63) is 87.5 Å². The van der Waals surface area contributed by atoms with Gasteiger partial charge in [-0.25, -0.2) is 15.0 Å². The fraction of sp³-hybridized carbons (Fsp3) is 0.174. The van der Waals surface area contributed by atoms with E-state index in [1.54, 1.807) is 11.3 Å². The highest BCUT2D eigenvalue weighted by atomic mass is 35.5. The van der Waals surface area contributed by atoms with Gasteiger partial charge in [0.2, 0.25) is 0 Å². The van der Waals surface area contributed by atoms with Crippen molar-refractivity contribution in [2.75, 3.05) is 6.54 Å². The first-order chi connectivity index (χ1) is 14.3. The lowest BCUT2D eigenvalue weighted by Crippen LogP contribution is -2.30. The Kier molecular flexibility index (Phi) is 5.10. The Balaban J connectivity index is 1.33. The minimum absolute atomic E-state index is 0.722. The minimum Gasteiger partial charge on any atom is -0.293 e. The maximum Gasteiger partial charge on any atom is 0.159 e. The fourth-order valence-corrected chi connectivity index (χ4v) is 4.62. The molecule has 0 saturated carbocycles. The maximum atomic E-state index is 5.99. The summed E-state index contributed by atoms with van der Waals surface area (Å²) in [6, 6.07) is 18.1. The third-order valence-corrected chi connectivity index (χ3v) is 6.24. The van der Waals surface area contributed by atoms with E-state index in [9.17, 15) is 0 Å². The van der Waals surface area contributed by atoms with Crippen LogP contribution in [0, 0.1) is 0 Å². The van der Waals surface area contributed by atoms with E-state index in [1.165, 1.54) is 16.0 Å². The van der Waals surface area contributed by atoms with Gasteiger partial charge in [0.05, 0.1) is 16.9 Å². The molecule has 0 unspecified atom stereocenters. The zero-order valence-corrected chi connectivity index (χ0v) is 17.3. The molecule has 0 saturated heterocycles. The highest BCUT2D eigenvalue weighted by Gasteiger charge is 2.21. The number of thiazole rings is 1. The summed E-state index contributed by atoms with van der Waals surface area (Å²) in [4.78, 5) is 17.8. The Labute approximate surface area is 178 Å². The first-order valence-corrected chi connectivity index (χ1v) is 10.8. The van der Waals surface area contributed by atoms with Crippen LogP contribution in [0.5, 0.6) is 0 Å². The van der Waals surface area contributed by atoms with Crippen molar-refractivity contribution in [3.8, 4) is 22.6 Å². The summed E-state index contributed by atoms with van der Waals surface area (Å²) in [5.41, 5.74) is 7.56. The van der Waals surface area contributed by atoms with Crippen LogP contribution >= 0.6 is 22.9 Å². The lowest BCUT2D eigenvalue weighted by Gasteiger charge is -2.27. The molecule has 144 valence electrons. The summed E-state index contributed by atoms with van der Waals surface area (Å²) in [6.45, 7) is 2.74. The molecule has 0 aliphatic carbocycles. The summed E-state index contributed by atoms with van der Waals surface area (Å²) < 4.78 is 0. The standard InChI is InChI=1S/C23H19ClN4S/c24-19-8-6-17(7-9-19)23-25-12-18-13-28(11-10-20(18)27-23)14-21-22(26-15-29-21)16-4-2-1-3-5-16/h1-9,12,15H,10-11,13-14H2. The number of hydrogen-bond donors (Lipinski definition) is 0. The third kappa shape index (κ3) is 3.94. The van der Waals surface area contributed by atoms with Crippen LogP contribution < -0.4 is 0 Å². The van der Waals surface area contributed by atoms with Gasteiger partial charge in [-0.3, -0.25) is 4.90 Å². The van der Waals surface area contributed by atoms with Crippen LogP contribution in [0.3, 0.4) is 0 Å². The first kappa shape index (κ1) is 18.4. The number of rotatable bonds is 4. The smallest absolute Gasteiger partial charge is 0.159 e. The van der Waals surface area contributed by atoms with Crippen LogP contribution in [-0.4, -0.2) is 26.4 Å². The molecule has 4 aromatic rings. The summed E-state index contributed by atoms with van der Waals surface area (Å²) in [7, 11) is 0. The summed E-state index contributed by atoms with van der Waals surface area (Å²) >= 11 is 7.71. The molecule has 1 aliphatic heterocycles. The van der Waals surface area contributed by atoms with E-state index in [1.807, 2.05) is 42.0 Å². The molecule has 0 amide bonds. The lowest BCUT2D eigenvalue weighted by atomic mass is 10.1. The SMILES string of the molecule is Clc1ccc(-c2ncc3c(n2)CCN(Cc2scnc2-c2ccccc2)C3)cc1. The molecule has 4 nitrogen and oxygen atoms in total. The zero-order valence-electron chi connectivity index (χ0n) is 15.8. The molecule has 0 N–H and O–H groups in total. The van der Waals surface area contributed by atoms with Gasteiger partial charge in [0, 0.05) is 58.8 Å². The monoisotopic (exact) mass is 418 g/mol. The predicted molar refractivity (Wildman–Crippen MR) is 118 cm³/mol. The first-order valence-electron chi connectivity index (χ1n) is 9.57. The van der Waals surface area contributed by atoms with Crippen LogP contribution in [0.1, 0.15) is 16.1 Å². The fourth-order valence-electron chi connectivity index (χ4n) is 3.66. The van der Waals surface area contributed by atoms with E-state index in [2.05, 4.69) is 39.1 Å². The Hall–Kier alpha value is -2.60. The number of halogens is 1. The molecule has 0 radical (unpaired) electrons. The highest BCUT2D eigenvalue weighted by molar-refractivity contribution is 7.10. The molecule has 0 bridgehead atoms. The molecule has 0 spiro atoms. The summed E-state index contributed by atoms with van der Waals surface area (Å²) in [5.74, 6) is 0.766. The number of fused-ring (bicyclic) bond motifs is 1. The minimum atomic E-state index is 0.722. The van der Waals surface area contributed by atoms with Crippen molar-refractivity contribution in [2.45, 2.75) is 19.5 Å². The number of benzene rings is 2. The highest BCUT2D eigenvalue weighted by Crippen LogP contribution is 2.29. The second kappa shape index (κ2) is 8.03. The average Bonchev–Trinajstić information content (AvgIpc) is 3.23. The van der Waals surface area contributed by atoms with Crippen LogP contribution in [-0.2, 0) is 19.5 Å². The number of aromatic nitrogens is 3. The topological polar surface area (TPSA) is 41.9 Å². The molecule has 0 atom stereocenters. The van der Waals surface area contributed by atoms with Gasteiger partial charge in [0.1, 0.15) is 0 Å². The van der Waals surface area contributed by atoms with E-state index in [0.29, 0.717) is 0 Å². The quantitative estimate of drug-likeness (QED) is 0.440. The third-order valence-electron chi connectivity index (χ3n) is 5.17. The van der Waals surface area contributed by atoms with Gasteiger partial charge in [-0.15, -0.1) is 11.3 Å². The van der Waals surface area contributed by atoms with E-state index >= 15 is 0 Å². The van der Waals surface area contributed by atoms with Crippen LogP contribution in [0.2, 0.25) is 5.02 Å². The molecular formula is C23H19ClN4S. The van der Waals surface area contributed by atoms with Crippen molar-refractivity contribution in [1.82, 2.24) is 19.9 Å². The van der Waals surface area contributed by atoms with E-state index in [4.69, 9.17) is 16.6 Å². The zero-order chi connectivity index (χ0) is 19.6.